The standard InChI is InChI=1S/C38H52ClN3O7/c1-5-7-8-9-10-11-12-13-14-18-23-49-37(46)29-21-22-30(39)31(25-29)40-34(44)33(32(43)24-27(3)4)42-35(45)36(48-6-2)41(38(42)47)26-28-19-16-15-17-20-28/h15-17,19-22,25,27,33,36H,5-14,18,23-24,26H2,1-4H3,(H,40,44). The molecule has 0 aromatic heterocycles. The van der Waals surface area contributed by atoms with Gasteiger partial charge in [0.05, 0.1) is 29.4 Å². The van der Waals surface area contributed by atoms with E-state index in [-0.39, 0.29) is 48.4 Å². The lowest BCUT2D eigenvalue weighted by Crippen LogP contribution is -2.53. The second-order valence-electron chi connectivity index (χ2n) is 12.9. The van der Waals surface area contributed by atoms with Gasteiger partial charge in [0.2, 0.25) is 6.23 Å². The highest BCUT2D eigenvalue weighted by Gasteiger charge is 2.52. The number of carbonyl (C=O) groups is 5. The summed E-state index contributed by atoms with van der Waals surface area (Å²) in [6.07, 6.45) is 10.3. The second-order valence-corrected chi connectivity index (χ2v) is 13.3. The Kier molecular flexibility index (Phi) is 16.7. The average molecular weight is 698 g/mol. The summed E-state index contributed by atoms with van der Waals surface area (Å²) in [7, 11) is 0. The van der Waals surface area contributed by atoms with Crippen LogP contribution in [0.1, 0.15) is 114 Å². The van der Waals surface area contributed by atoms with Crippen molar-refractivity contribution < 1.29 is 33.4 Å². The zero-order valence-corrected chi connectivity index (χ0v) is 30.1. The third kappa shape index (κ3) is 12.0. The van der Waals surface area contributed by atoms with Gasteiger partial charge in [-0.3, -0.25) is 19.3 Å². The smallest absolute Gasteiger partial charge is 0.338 e. The molecule has 10 nitrogen and oxygen atoms in total. The highest BCUT2D eigenvalue weighted by atomic mass is 35.5. The maximum absolute atomic E-state index is 13.8. The molecule has 49 heavy (non-hydrogen) atoms. The summed E-state index contributed by atoms with van der Waals surface area (Å²) in [4.78, 5) is 69.6. The van der Waals surface area contributed by atoms with Gasteiger partial charge < -0.3 is 14.8 Å². The van der Waals surface area contributed by atoms with Gasteiger partial charge in [-0.15, -0.1) is 0 Å². The molecule has 268 valence electrons. The number of Topliss-reactive ketones (excluding diaryl/α,β-unsaturated/α-hetero) is 1. The van der Waals surface area contributed by atoms with E-state index in [2.05, 4.69) is 12.2 Å². The number of unbranched alkanes of at least 4 members (excludes halogenated alkanes) is 9. The molecule has 2 aromatic rings. The second kappa shape index (κ2) is 20.7. The Morgan fingerprint density at radius 1 is 0.878 bits per heavy atom. The van der Waals surface area contributed by atoms with Crippen LogP contribution in [-0.4, -0.2) is 64.9 Å². The van der Waals surface area contributed by atoms with E-state index in [1.165, 1.54) is 68.0 Å². The number of nitrogens with one attached hydrogen (secondary N) is 1. The van der Waals surface area contributed by atoms with Crippen LogP contribution in [0.4, 0.5) is 10.5 Å². The van der Waals surface area contributed by atoms with Crippen LogP contribution in [0.2, 0.25) is 5.02 Å². The predicted molar refractivity (Wildman–Crippen MR) is 190 cm³/mol. The first kappa shape index (κ1) is 39.7. The van der Waals surface area contributed by atoms with Gasteiger partial charge in [0.1, 0.15) is 0 Å². The van der Waals surface area contributed by atoms with Gasteiger partial charge in [-0.2, -0.15) is 0 Å². The number of carbonyl (C=O) groups excluding carboxylic acids is 5. The summed E-state index contributed by atoms with van der Waals surface area (Å²) in [6, 6.07) is 10.7. The van der Waals surface area contributed by atoms with Gasteiger partial charge in [0, 0.05) is 13.0 Å². The van der Waals surface area contributed by atoms with Gasteiger partial charge in [0.25, 0.3) is 11.8 Å². The molecule has 0 aliphatic carbocycles. The number of rotatable bonds is 22. The quantitative estimate of drug-likeness (QED) is 0.0570. The summed E-state index contributed by atoms with van der Waals surface area (Å²) < 4.78 is 11.1. The largest absolute Gasteiger partial charge is 0.462 e. The molecule has 4 amide bonds. The number of hydrogen-bond donors (Lipinski definition) is 1. The number of ketones is 1. The maximum atomic E-state index is 13.8. The minimum absolute atomic E-state index is 0.0361. The van der Waals surface area contributed by atoms with Crippen molar-refractivity contribution in [2.24, 2.45) is 5.92 Å². The third-order valence-corrected chi connectivity index (χ3v) is 8.65. The number of ether oxygens (including phenoxy) is 2. The number of esters is 1. The monoisotopic (exact) mass is 697 g/mol. The number of amides is 4. The fraction of sp³-hybridized carbons (Fsp3) is 0.553. The maximum Gasteiger partial charge on any atom is 0.338 e. The van der Waals surface area contributed by atoms with Gasteiger partial charge in [0.15, 0.2) is 11.8 Å². The zero-order valence-electron chi connectivity index (χ0n) is 29.4. The Morgan fingerprint density at radius 2 is 1.51 bits per heavy atom. The van der Waals surface area contributed by atoms with E-state index in [1.807, 2.05) is 6.07 Å². The lowest BCUT2D eigenvalue weighted by atomic mass is 10.00. The van der Waals surface area contributed by atoms with Crippen LogP contribution in [0, 0.1) is 5.92 Å². The van der Waals surface area contributed by atoms with Crippen LogP contribution in [0.5, 0.6) is 0 Å². The molecule has 1 N–H and O–H groups in total. The third-order valence-electron chi connectivity index (χ3n) is 8.32. The molecule has 1 aliphatic rings. The Labute approximate surface area is 295 Å². The minimum atomic E-state index is -1.78. The molecule has 1 aliphatic heterocycles. The molecule has 11 heteroatoms. The van der Waals surface area contributed by atoms with E-state index in [1.54, 1.807) is 45.0 Å². The first-order valence-corrected chi connectivity index (χ1v) is 18.1. The molecule has 1 heterocycles. The molecular weight excluding hydrogens is 646 g/mol. The Bertz CT molecular complexity index is 1400. The van der Waals surface area contributed by atoms with Gasteiger partial charge in [-0.25, -0.2) is 14.5 Å². The molecule has 1 saturated heterocycles. The van der Waals surface area contributed by atoms with Crippen molar-refractivity contribution in [3.05, 3.63) is 64.7 Å². The Hall–Kier alpha value is -3.76. The first-order chi connectivity index (χ1) is 23.6. The predicted octanol–water partition coefficient (Wildman–Crippen LogP) is 8.17. The topological polar surface area (TPSA) is 122 Å². The fourth-order valence-electron chi connectivity index (χ4n) is 5.78. The van der Waals surface area contributed by atoms with E-state index < -0.39 is 41.9 Å². The van der Waals surface area contributed by atoms with Crippen LogP contribution in [0.3, 0.4) is 0 Å². The minimum Gasteiger partial charge on any atom is -0.462 e. The molecule has 2 atom stereocenters. The summed E-state index contributed by atoms with van der Waals surface area (Å²) in [6.45, 7) is 7.93. The molecule has 2 unspecified atom stereocenters. The van der Waals surface area contributed by atoms with Crippen LogP contribution in [-0.2, 0) is 30.4 Å². The van der Waals surface area contributed by atoms with Crippen molar-refractivity contribution in [2.75, 3.05) is 18.5 Å². The molecule has 2 aromatic carbocycles. The van der Waals surface area contributed by atoms with Crippen LogP contribution >= 0.6 is 11.6 Å². The van der Waals surface area contributed by atoms with Crippen molar-refractivity contribution in [3.63, 3.8) is 0 Å². The summed E-state index contributed by atoms with van der Waals surface area (Å²) in [5.74, 6) is -3.08. The van der Waals surface area contributed by atoms with Gasteiger partial charge >= 0.3 is 12.0 Å². The van der Waals surface area contributed by atoms with E-state index in [0.717, 1.165) is 24.8 Å². The fourth-order valence-corrected chi connectivity index (χ4v) is 5.95. The number of urea groups is 1. The number of nitrogens with zero attached hydrogens (tertiary/aromatic N) is 2. The van der Waals surface area contributed by atoms with Crippen LogP contribution < -0.4 is 5.32 Å². The number of imide groups is 1. The summed E-state index contributed by atoms with van der Waals surface area (Å²) in [5, 5.41) is 2.70. The molecule has 0 spiro atoms. The molecule has 0 bridgehead atoms. The molecular formula is C38H52ClN3O7. The van der Waals surface area contributed by atoms with Crippen molar-refractivity contribution >= 4 is 46.9 Å². The van der Waals surface area contributed by atoms with E-state index in [0.29, 0.717) is 4.90 Å². The first-order valence-electron chi connectivity index (χ1n) is 17.7. The van der Waals surface area contributed by atoms with Crippen molar-refractivity contribution in [2.45, 2.75) is 117 Å². The zero-order chi connectivity index (χ0) is 35.8. The van der Waals surface area contributed by atoms with E-state index in [9.17, 15) is 24.0 Å². The lowest BCUT2D eigenvalue weighted by Gasteiger charge is -2.25. The molecule has 1 fully saturated rings. The van der Waals surface area contributed by atoms with Gasteiger partial charge in [-0.1, -0.05) is 120 Å². The molecule has 3 rings (SSSR count). The number of hydrogen-bond acceptors (Lipinski definition) is 7. The molecule has 0 saturated carbocycles. The SMILES string of the molecule is CCCCCCCCCCCCOC(=O)c1ccc(Cl)c(NC(=O)C(C(=O)CC(C)C)N2C(=O)C(OCC)N(Cc3ccccc3)C2=O)c1. The van der Waals surface area contributed by atoms with E-state index in [4.69, 9.17) is 21.1 Å². The number of anilines is 1. The highest BCUT2D eigenvalue weighted by Crippen LogP contribution is 2.28. The van der Waals surface area contributed by atoms with Crippen molar-refractivity contribution in [1.82, 2.24) is 9.80 Å². The Balaban J connectivity index is 1.69. The average Bonchev–Trinajstić information content (AvgIpc) is 3.28. The lowest BCUT2D eigenvalue weighted by molar-refractivity contribution is -0.148. The Morgan fingerprint density at radius 3 is 2.12 bits per heavy atom. The van der Waals surface area contributed by atoms with Crippen molar-refractivity contribution in [1.29, 1.82) is 0 Å². The van der Waals surface area contributed by atoms with Crippen LogP contribution in [0.15, 0.2) is 48.5 Å². The normalized spacial score (nSPS) is 15.2. The summed E-state index contributed by atoms with van der Waals surface area (Å²) in [5.41, 5.74) is 0.952. The number of benzene rings is 2. The summed E-state index contributed by atoms with van der Waals surface area (Å²) >= 11 is 6.40. The van der Waals surface area contributed by atoms with E-state index >= 15 is 0 Å². The van der Waals surface area contributed by atoms with Crippen LogP contribution in [0.25, 0.3) is 0 Å². The van der Waals surface area contributed by atoms with Gasteiger partial charge in [-0.05, 0) is 43.0 Å². The number of halogens is 1. The highest BCUT2D eigenvalue weighted by molar-refractivity contribution is 6.34. The van der Waals surface area contributed by atoms with Crippen molar-refractivity contribution in [3.8, 4) is 0 Å². The molecule has 0 radical (unpaired) electrons.